The Morgan fingerprint density at radius 1 is 0.471 bits per heavy atom. The van der Waals surface area contributed by atoms with E-state index in [-0.39, 0.29) is 23.1 Å². The monoisotopic (exact) mass is 900 g/mol. The minimum absolute atomic E-state index is 0.0223. The number of rotatable bonds is 3. The Hall–Kier alpha value is -7.56. The van der Waals surface area contributed by atoms with Gasteiger partial charge in [0.15, 0.2) is 5.58 Å². The summed E-state index contributed by atoms with van der Waals surface area (Å²) in [4.78, 5) is 5.39. The number of para-hydroxylation sites is 3. The number of nitrogens with zero attached hydrogens (tertiary/aromatic N) is 2. The lowest BCUT2D eigenvalue weighted by Crippen LogP contribution is -2.63. The van der Waals surface area contributed by atoms with E-state index in [1.54, 1.807) is 0 Å². The molecule has 0 bridgehead atoms. The lowest BCUT2D eigenvalue weighted by molar-refractivity contribution is 0.332. The predicted octanol–water partition coefficient (Wildman–Crippen LogP) is 15.6. The summed E-state index contributed by atoms with van der Waals surface area (Å²) in [6.07, 6.45) is 2.32. The number of hydrogen-bond acceptors (Lipinski definition) is 3. The molecule has 3 nitrogen and oxygen atoms in total. The van der Waals surface area contributed by atoms with E-state index in [0.29, 0.717) is 0 Å². The first-order valence-corrected chi connectivity index (χ1v) is 25.3. The molecule has 4 heteroatoms. The topological polar surface area (TPSA) is 19.6 Å². The fourth-order valence-corrected chi connectivity index (χ4v) is 14.5. The minimum atomic E-state index is -0.626. The van der Waals surface area contributed by atoms with Crippen LogP contribution in [-0.2, 0) is 21.7 Å². The van der Waals surface area contributed by atoms with E-state index in [2.05, 4.69) is 239 Å². The van der Waals surface area contributed by atoms with Crippen molar-refractivity contribution in [3.05, 3.63) is 233 Å². The average Bonchev–Trinajstić information content (AvgIpc) is 3.88. The Morgan fingerprint density at radius 3 is 1.90 bits per heavy atom. The van der Waals surface area contributed by atoms with Crippen LogP contribution in [0.2, 0.25) is 0 Å². The largest absolute Gasteiger partial charge is 0.454 e. The van der Waals surface area contributed by atoms with Crippen LogP contribution in [0.3, 0.4) is 0 Å². The van der Waals surface area contributed by atoms with Gasteiger partial charge in [-0.2, -0.15) is 0 Å². The zero-order valence-electron chi connectivity index (χ0n) is 40.7. The maximum Gasteiger partial charge on any atom is 0.333 e. The molecule has 0 atom stereocenters. The van der Waals surface area contributed by atoms with Crippen molar-refractivity contribution in [1.82, 2.24) is 0 Å². The molecule has 15 rings (SSSR count). The molecule has 10 aromatic rings. The molecule has 9 aromatic carbocycles. The molecule has 336 valence electrons. The van der Waals surface area contributed by atoms with Crippen LogP contribution in [0.25, 0.3) is 44.2 Å². The molecule has 4 heterocycles. The van der Waals surface area contributed by atoms with Crippen LogP contribution in [0, 0.1) is 0 Å². The van der Waals surface area contributed by atoms with Crippen molar-refractivity contribution in [3.63, 3.8) is 0 Å². The highest BCUT2D eigenvalue weighted by molar-refractivity contribution is 6.94. The first kappa shape index (κ1) is 40.3. The fraction of sp³-hybridized carbons (Fsp3) is 0.182. The van der Waals surface area contributed by atoms with Crippen LogP contribution in [-0.4, -0.2) is 6.85 Å². The SMILES string of the molecule is CC1(C)CCC(C)(C)c2cc(N3B4c5cccc6c5N(c5ccccc5C6(c5ccccc5)c5ccccc5)c5c4c(cc4c5oc5ccccc54)-c4c3ccc3c4C(C)(C)c4ccccc4-3)ccc21. The van der Waals surface area contributed by atoms with Gasteiger partial charge in [0, 0.05) is 38.8 Å². The quantitative estimate of drug-likeness (QED) is 0.165. The molecular weight excluding hydrogens is 848 g/mol. The molecule has 3 aliphatic heterocycles. The first-order chi connectivity index (χ1) is 34.0. The average molecular weight is 901 g/mol. The van der Waals surface area contributed by atoms with Crippen molar-refractivity contribution in [2.45, 2.75) is 76.0 Å². The van der Waals surface area contributed by atoms with Crippen LogP contribution in [0.4, 0.5) is 28.4 Å². The van der Waals surface area contributed by atoms with Gasteiger partial charge >= 0.3 is 6.85 Å². The van der Waals surface area contributed by atoms with Crippen molar-refractivity contribution < 1.29 is 4.42 Å². The summed E-state index contributed by atoms with van der Waals surface area (Å²) in [5.74, 6) is 0. The Bertz CT molecular complexity index is 3860. The summed E-state index contributed by atoms with van der Waals surface area (Å²) in [7, 11) is 0. The number of hydrogen-bond donors (Lipinski definition) is 0. The second kappa shape index (κ2) is 13.6. The van der Waals surface area contributed by atoms with E-state index in [1.807, 2.05) is 0 Å². The van der Waals surface area contributed by atoms with Gasteiger partial charge in [-0.25, -0.2) is 0 Å². The van der Waals surface area contributed by atoms with E-state index in [0.717, 1.165) is 34.0 Å². The highest BCUT2D eigenvalue weighted by Gasteiger charge is 2.55. The Labute approximate surface area is 411 Å². The van der Waals surface area contributed by atoms with Crippen molar-refractivity contribution in [2.75, 3.05) is 9.71 Å². The maximum absolute atomic E-state index is 7.35. The fourth-order valence-electron chi connectivity index (χ4n) is 14.5. The Morgan fingerprint density at radius 2 is 1.13 bits per heavy atom. The Balaban J connectivity index is 1.14. The molecule has 2 aliphatic carbocycles. The van der Waals surface area contributed by atoms with Gasteiger partial charge < -0.3 is 14.1 Å². The zero-order chi connectivity index (χ0) is 47.1. The van der Waals surface area contributed by atoms with E-state index in [9.17, 15) is 0 Å². The van der Waals surface area contributed by atoms with Crippen LogP contribution < -0.4 is 20.6 Å². The van der Waals surface area contributed by atoms with E-state index >= 15 is 0 Å². The maximum atomic E-state index is 7.35. The number of anilines is 5. The molecule has 0 amide bonds. The highest BCUT2D eigenvalue weighted by atomic mass is 16.3. The number of fused-ring (bicyclic) bond motifs is 15. The van der Waals surface area contributed by atoms with Gasteiger partial charge in [-0.05, 0) is 132 Å². The Kier molecular flexibility index (Phi) is 7.84. The van der Waals surface area contributed by atoms with Crippen molar-refractivity contribution in [3.8, 4) is 22.3 Å². The lowest BCUT2D eigenvalue weighted by atomic mass is 9.42. The third-order valence-electron chi connectivity index (χ3n) is 17.7. The van der Waals surface area contributed by atoms with Crippen molar-refractivity contribution in [2.24, 2.45) is 0 Å². The van der Waals surface area contributed by atoms with Crippen LogP contribution in [0.5, 0.6) is 0 Å². The van der Waals surface area contributed by atoms with Gasteiger partial charge in [0.1, 0.15) is 5.58 Å². The second-order valence-corrected chi connectivity index (χ2v) is 22.6. The molecule has 0 radical (unpaired) electrons. The first-order valence-electron chi connectivity index (χ1n) is 25.3. The molecule has 0 saturated carbocycles. The van der Waals surface area contributed by atoms with Crippen LogP contribution in [0.15, 0.2) is 192 Å². The molecule has 0 unspecified atom stereocenters. The third-order valence-corrected chi connectivity index (χ3v) is 17.7. The van der Waals surface area contributed by atoms with Crippen LogP contribution >= 0.6 is 0 Å². The van der Waals surface area contributed by atoms with Crippen molar-refractivity contribution >= 4 is 68.1 Å². The molecule has 0 fully saturated rings. The smallest absolute Gasteiger partial charge is 0.333 e. The molecule has 70 heavy (non-hydrogen) atoms. The highest BCUT2D eigenvalue weighted by Crippen LogP contribution is 2.63. The van der Waals surface area contributed by atoms with Crippen molar-refractivity contribution in [1.29, 1.82) is 0 Å². The van der Waals surface area contributed by atoms with E-state index in [1.165, 1.54) is 107 Å². The lowest BCUT2D eigenvalue weighted by Gasteiger charge is -2.52. The molecule has 5 aliphatic rings. The van der Waals surface area contributed by atoms with Gasteiger partial charge in [-0.3, -0.25) is 0 Å². The number of furan rings is 1. The third kappa shape index (κ3) is 4.92. The van der Waals surface area contributed by atoms with Crippen LogP contribution in [0.1, 0.15) is 98.9 Å². The predicted molar refractivity (Wildman–Crippen MR) is 292 cm³/mol. The zero-order valence-corrected chi connectivity index (χ0v) is 40.7. The second-order valence-electron chi connectivity index (χ2n) is 22.6. The van der Waals surface area contributed by atoms with Gasteiger partial charge in [-0.15, -0.1) is 0 Å². The number of benzene rings is 9. The van der Waals surface area contributed by atoms with Gasteiger partial charge in [-0.1, -0.05) is 193 Å². The summed E-state index contributed by atoms with van der Waals surface area (Å²) in [6.45, 7) is 14.5. The summed E-state index contributed by atoms with van der Waals surface area (Å²) in [6, 6.07) is 71.7. The standard InChI is InChI=1S/C66H53BN2O/c1-63(2)36-37-64(3,4)52-38-42(32-34-49(52)63)69-55-35-33-45-43-24-13-15-26-48(43)65(5,6)58(45)57(55)47-39-46-44-25-14-18-31-56(44)70-62(46)61-59(47)67(69)53-29-19-28-51-60(53)68(61)54-30-17-16-27-50(54)66(51,40-20-9-7-10-21-40)41-22-11-8-12-23-41/h7-35,38-39H,36-37H2,1-6H3. The van der Waals surface area contributed by atoms with Gasteiger partial charge in [0.25, 0.3) is 0 Å². The molecule has 1 aromatic heterocycles. The van der Waals surface area contributed by atoms with Gasteiger partial charge in [0.05, 0.1) is 16.8 Å². The molecule has 0 saturated heterocycles. The summed E-state index contributed by atoms with van der Waals surface area (Å²) in [5.41, 5.74) is 25.7. The van der Waals surface area contributed by atoms with Gasteiger partial charge in [0.2, 0.25) is 0 Å². The summed E-state index contributed by atoms with van der Waals surface area (Å²) >= 11 is 0. The molecular formula is C66H53BN2O. The molecule has 0 N–H and O–H groups in total. The van der Waals surface area contributed by atoms with E-state index in [4.69, 9.17) is 4.42 Å². The minimum Gasteiger partial charge on any atom is -0.454 e. The molecule has 0 spiro atoms. The summed E-state index contributed by atoms with van der Waals surface area (Å²) in [5, 5.41) is 2.28. The van der Waals surface area contributed by atoms with E-state index < -0.39 is 5.41 Å². The normalized spacial score (nSPS) is 17.5. The summed E-state index contributed by atoms with van der Waals surface area (Å²) < 4.78 is 7.35.